The second kappa shape index (κ2) is 15.6. The first-order chi connectivity index (χ1) is 29.3. The second-order valence-electron chi connectivity index (χ2n) is 17.4. The SMILES string of the molecule is COc1ccc(C2Oc3cc(C(=O)OCCCCO[N+](=O)[O-])cc(OC(=O)OCC(=O)[C@@]45OC(C)(C)O[C@@H]4CC4C6CCC7=CC(O)=CC(=O)[C@@]7(C)[C@@]6(F)CC[C@@]45C)c3O2)cc1. The standard InChI is InChI=1S/C44H48FNO16/c1-40(2)61-35-22-30-29-13-10-26-20-27(47)21-33(48)42(26,4)43(29,45)15-14-41(30,3)44(35,62-40)34(49)23-56-39(51)59-32-19-25(37(50)55-16-6-7-17-57-46(52)53)18-31-36(32)60-38(58-31)24-8-11-28(54-5)12-9-24/h8-9,11-12,18-21,29-30,35,38,47H,6-7,10,13-17,22-23H2,1-5H3/t29?,30?,35-,38?,41+,42+,43-,44-/m1/s1. The molecule has 1 N–H and O–H groups in total. The Morgan fingerprint density at radius 1 is 0.984 bits per heavy atom. The van der Waals surface area contributed by atoms with E-state index in [-0.39, 0.29) is 73.9 Å². The van der Waals surface area contributed by atoms with Crippen molar-refractivity contribution in [3.63, 3.8) is 0 Å². The molecular weight excluding hydrogens is 817 g/mol. The van der Waals surface area contributed by atoms with Crippen LogP contribution in [0.3, 0.4) is 0 Å². The maximum atomic E-state index is 17.8. The fourth-order valence-corrected chi connectivity index (χ4v) is 10.9. The molecule has 1 saturated heterocycles. The fourth-order valence-electron chi connectivity index (χ4n) is 10.9. The van der Waals surface area contributed by atoms with Gasteiger partial charge in [-0.15, -0.1) is 10.1 Å². The number of hydrogen-bond donors (Lipinski definition) is 1. The number of hydrogen-bond acceptors (Lipinski definition) is 16. The number of Topliss-reactive ketones (excluding diaryl/α,β-unsaturated/α-hetero) is 1. The minimum Gasteiger partial charge on any atom is -0.508 e. The van der Waals surface area contributed by atoms with Gasteiger partial charge in [0.2, 0.25) is 11.5 Å². The predicted molar refractivity (Wildman–Crippen MR) is 210 cm³/mol. The molecule has 2 aromatic rings. The molecule has 18 heteroatoms. The van der Waals surface area contributed by atoms with E-state index < -0.39 is 87.5 Å². The number of halogens is 1. The Hall–Kier alpha value is -5.75. The monoisotopic (exact) mass is 865 g/mol. The van der Waals surface area contributed by atoms with Crippen molar-refractivity contribution in [3.8, 4) is 23.0 Å². The number of carbonyl (C=O) groups is 4. The van der Waals surface area contributed by atoms with Gasteiger partial charge in [0.15, 0.2) is 35.3 Å². The van der Waals surface area contributed by atoms with Crippen LogP contribution in [0.5, 0.6) is 23.0 Å². The number of alkyl halides is 1. The number of esters is 1. The van der Waals surface area contributed by atoms with Crippen LogP contribution in [0.1, 0.15) is 94.9 Å². The summed E-state index contributed by atoms with van der Waals surface area (Å²) < 4.78 is 64.5. The van der Waals surface area contributed by atoms with E-state index in [0.29, 0.717) is 29.7 Å². The minimum absolute atomic E-state index is 0.0343. The highest BCUT2D eigenvalue weighted by molar-refractivity contribution is 6.00. The molecule has 2 aliphatic heterocycles. The van der Waals surface area contributed by atoms with Crippen LogP contribution >= 0.6 is 0 Å². The van der Waals surface area contributed by atoms with Crippen LogP contribution in [0.15, 0.2) is 59.9 Å². The number of nitrogens with zero attached hydrogens (tertiary/aromatic N) is 1. The van der Waals surface area contributed by atoms with Crippen molar-refractivity contribution in [2.75, 3.05) is 26.9 Å². The van der Waals surface area contributed by atoms with Crippen molar-refractivity contribution < 1.29 is 76.5 Å². The maximum absolute atomic E-state index is 17.8. The number of methoxy groups -OCH3 is 1. The van der Waals surface area contributed by atoms with E-state index in [4.69, 9.17) is 37.9 Å². The molecular formula is C44H48FNO16. The van der Waals surface area contributed by atoms with Crippen LogP contribution in [0.25, 0.3) is 0 Å². The summed E-state index contributed by atoms with van der Waals surface area (Å²) in [6.07, 6.45) is 1.01. The zero-order valence-corrected chi connectivity index (χ0v) is 34.9. The van der Waals surface area contributed by atoms with Crippen LogP contribution in [0, 0.1) is 32.8 Å². The van der Waals surface area contributed by atoms with Crippen LogP contribution in [-0.4, -0.2) is 84.0 Å². The normalized spacial score (nSPS) is 32.2. The van der Waals surface area contributed by atoms with Crippen molar-refractivity contribution in [2.45, 2.75) is 102 Å². The van der Waals surface area contributed by atoms with Crippen molar-refractivity contribution in [1.82, 2.24) is 0 Å². The van der Waals surface area contributed by atoms with E-state index in [2.05, 4.69) is 4.84 Å². The summed E-state index contributed by atoms with van der Waals surface area (Å²) in [5.41, 5.74) is -5.08. The van der Waals surface area contributed by atoms with Crippen molar-refractivity contribution in [2.24, 2.45) is 22.7 Å². The predicted octanol–water partition coefficient (Wildman–Crippen LogP) is 7.18. The molecule has 4 aliphatic carbocycles. The molecule has 2 heterocycles. The zero-order chi connectivity index (χ0) is 44.4. The lowest BCUT2D eigenvalue weighted by atomic mass is 9.45. The lowest BCUT2D eigenvalue weighted by Crippen LogP contribution is -2.66. The van der Waals surface area contributed by atoms with E-state index in [1.54, 1.807) is 45.0 Å². The number of allylic oxidation sites excluding steroid dienone is 3. The van der Waals surface area contributed by atoms with Crippen molar-refractivity contribution in [1.29, 1.82) is 0 Å². The number of ketones is 2. The van der Waals surface area contributed by atoms with E-state index in [1.807, 2.05) is 6.92 Å². The topological polar surface area (TPSA) is 215 Å². The first kappa shape index (κ1) is 42.9. The summed E-state index contributed by atoms with van der Waals surface area (Å²) >= 11 is 0. The quantitative estimate of drug-likeness (QED) is 0.0694. The molecule has 0 spiro atoms. The summed E-state index contributed by atoms with van der Waals surface area (Å²) in [7, 11) is 1.52. The Morgan fingerprint density at radius 2 is 1.73 bits per heavy atom. The van der Waals surface area contributed by atoms with Gasteiger partial charge in [-0.2, -0.15) is 0 Å². The number of aliphatic hydroxyl groups is 1. The van der Waals surface area contributed by atoms with Crippen molar-refractivity contribution >= 4 is 23.7 Å². The first-order valence-corrected chi connectivity index (χ1v) is 20.6. The highest BCUT2D eigenvalue weighted by atomic mass is 19.1. The number of fused-ring (bicyclic) bond motifs is 8. The van der Waals surface area contributed by atoms with Crippen LogP contribution < -0.4 is 18.9 Å². The molecule has 0 aromatic heterocycles. The van der Waals surface area contributed by atoms with Gasteiger partial charge >= 0.3 is 12.1 Å². The summed E-state index contributed by atoms with van der Waals surface area (Å²) in [5, 5.41) is 19.7. The van der Waals surface area contributed by atoms with Gasteiger partial charge in [0.25, 0.3) is 11.4 Å². The largest absolute Gasteiger partial charge is 0.514 e. The van der Waals surface area contributed by atoms with Gasteiger partial charge in [-0.3, -0.25) is 9.59 Å². The highest BCUT2D eigenvalue weighted by Gasteiger charge is 2.79. The Morgan fingerprint density at radius 3 is 2.45 bits per heavy atom. The lowest BCUT2D eigenvalue weighted by Gasteiger charge is -2.61. The van der Waals surface area contributed by atoms with E-state index in [0.717, 1.165) is 6.08 Å². The van der Waals surface area contributed by atoms with E-state index >= 15 is 4.39 Å². The average molecular weight is 866 g/mol. The molecule has 0 amide bonds. The summed E-state index contributed by atoms with van der Waals surface area (Å²) in [4.78, 5) is 69.5. The number of aliphatic hydroxyl groups excluding tert-OH is 1. The van der Waals surface area contributed by atoms with Gasteiger partial charge in [-0.05, 0) is 126 Å². The number of unbranched alkanes of at least 4 members (excludes halogenated alkanes) is 1. The van der Waals surface area contributed by atoms with Gasteiger partial charge < -0.3 is 47.8 Å². The zero-order valence-electron chi connectivity index (χ0n) is 34.9. The maximum Gasteiger partial charge on any atom is 0.514 e. The summed E-state index contributed by atoms with van der Waals surface area (Å²) in [5.74, 6) is -4.16. The smallest absolute Gasteiger partial charge is 0.508 e. The molecule has 17 nitrogen and oxygen atoms in total. The highest BCUT2D eigenvalue weighted by Crippen LogP contribution is 2.72. The molecule has 2 aromatic carbocycles. The number of ether oxygens (including phenoxy) is 8. The molecule has 4 fully saturated rings. The van der Waals surface area contributed by atoms with Gasteiger partial charge in [0.1, 0.15) is 17.2 Å². The number of benzene rings is 2. The third kappa shape index (κ3) is 6.91. The molecule has 6 aliphatic rings. The van der Waals surface area contributed by atoms with E-state index in [9.17, 15) is 34.4 Å². The van der Waals surface area contributed by atoms with E-state index in [1.165, 1.54) is 25.3 Å². The van der Waals surface area contributed by atoms with Gasteiger partial charge in [-0.25, -0.2) is 14.0 Å². The molecule has 3 saturated carbocycles. The summed E-state index contributed by atoms with van der Waals surface area (Å²) in [6.45, 7) is 5.76. The fraction of sp³-hybridized carbons (Fsp3) is 0.545. The number of rotatable bonds is 13. The molecule has 3 unspecified atom stereocenters. The molecule has 332 valence electrons. The third-order valence-corrected chi connectivity index (χ3v) is 13.8. The Bertz CT molecular complexity index is 2260. The molecule has 0 bridgehead atoms. The second-order valence-corrected chi connectivity index (χ2v) is 17.4. The van der Waals surface area contributed by atoms with Crippen molar-refractivity contribution in [3.05, 3.63) is 81.1 Å². The van der Waals surface area contributed by atoms with Crippen LogP contribution in [0.4, 0.5) is 9.18 Å². The Kier molecular flexibility index (Phi) is 10.8. The van der Waals surface area contributed by atoms with Gasteiger partial charge in [0.05, 0.1) is 37.4 Å². The molecule has 8 rings (SSSR count). The van der Waals surface area contributed by atoms with Crippen LogP contribution in [0.2, 0.25) is 0 Å². The Balaban J connectivity index is 1.01. The molecule has 62 heavy (non-hydrogen) atoms. The van der Waals surface area contributed by atoms with Crippen LogP contribution in [-0.2, 0) is 33.4 Å². The minimum atomic E-state index is -1.97. The number of carbonyl (C=O) groups excluding carboxylic acids is 4. The third-order valence-electron chi connectivity index (χ3n) is 13.8. The summed E-state index contributed by atoms with van der Waals surface area (Å²) in [6, 6.07) is 9.33. The Labute approximate surface area is 355 Å². The van der Waals surface area contributed by atoms with Gasteiger partial charge in [0, 0.05) is 17.1 Å². The lowest BCUT2D eigenvalue weighted by molar-refractivity contribution is -0.757. The van der Waals surface area contributed by atoms with Gasteiger partial charge in [-0.1, -0.05) is 6.92 Å². The molecule has 0 radical (unpaired) electrons. The molecule has 8 atom stereocenters. The average Bonchev–Trinajstić information content (AvgIpc) is 3.86. The first-order valence-electron chi connectivity index (χ1n) is 20.6.